The number of nitrogens with two attached hydrogens (primary N) is 3. The predicted octanol–water partition coefficient (Wildman–Crippen LogP) is 3.07. The zero-order chi connectivity index (χ0) is 58.4. The van der Waals surface area contributed by atoms with Gasteiger partial charge in [-0.2, -0.15) is 0 Å². The van der Waals surface area contributed by atoms with Gasteiger partial charge in [-0.15, -0.1) is 0 Å². The van der Waals surface area contributed by atoms with E-state index < -0.39 is 124 Å². The smallest absolute Gasteiger partial charge is 0.333 e. The number of methoxy groups -OCH3 is 1. The number of rotatable bonds is 11. The molecule has 0 aliphatic carbocycles. The van der Waals surface area contributed by atoms with Crippen LogP contribution in [0.3, 0.4) is 0 Å². The van der Waals surface area contributed by atoms with Crippen LogP contribution in [0.2, 0.25) is 10.0 Å². The molecule has 81 heavy (non-hydrogen) atoms. The van der Waals surface area contributed by atoms with Gasteiger partial charge in [-0.1, -0.05) is 47.8 Å². The van der Waals surface area contributed by atoms with Gasteiger partial charge in [0.1, 0.15) is 65.1 Å². The van der Waals surface area contributed by atoms with Crippen LogP contribution < -0.4 is 58.6 Å². The van der Waals surface area contributed by atoms with Gasteiger partial charge in [0, 0.05) is 29.2 Å². The monoisotopic (exact) mass is 1160 g/mol. The average molecular weight is 1160 g/mol. The average Bonchev–Trinajstić information content (AvgIpc) is 3.52. The SMILES string of the molecule is COC(=O)C1NC(=O)C2NC(=O)C(NC(=O)C3NC(=O)[C@H](CCCCN)NC(=O)C(NC(=O)[C@H](N)CCCCN)Cc4ccc(c(Cl)c4)Oc4cc3cc(c4O)Oc3ccc(cc3Cl)C2O)c2ccc(O)c(c2)-c2c(O)cc(O)cc21. The van der Waals surface area contributed by atoms with E-state index in [1.807, 2.05) is 0 Å². The van der Waals surface area contributed by atoms with Crippen LogP contribution >= 0.6 is 23.2 Å². The number of phenols is 4. The molecule has 0 aromatic heterocycles. The Labute approximate surface area is 472 Å². The van der Waals surface area contributed by atoms with Crippen LogP contribution in [-0.2, 0) is 44.7 Å². The molecule has 5 aliphatic heterocycles. The van der Waals surface area contributed by atoms with Crippen molar-refractivity contribution in [1.29, 1.82) is 0 Å². The Bertz CT molecular complexity index is 3290. The van der Waals surface area contributed by atoms with Gasteiger partial charge in [0.2, 0.25) is 41.2 Å². The number of fused-ring (bicyclic) bond motifs is 15. The van der Waals surface area contributed by atoms with Crippen molar-refractivity contribution >= 4 is 64.6 Å². The van der Waals surface area contributed by atoms with Crippen molar-refractivity contribution in [2.75, 3.05) is 20.2 Å². The van der Waals surface area contributed by atoms with Gasteiger partial charge in [-0.25, -0.2) is 4.79 Å². The second-order valence-corrected chi connectivity index (χ2v) is 20.3. The molecule has 0 radical (unpaired) electrons. The summed E-state index contributed by atoms with van der Waals surface area (Å²) >= 11 is 13.6. The normalized spacial score (nSPS) is 21.3. The first kappa shape index (κ1) is 58.8. The minimum absolute atomic E-state index is 0.0490. The third kappa shape index (κ3) is 13.1. The fourth-order valence-corrected chi connectivity index (χ4v) is 10.1. The summed E-state index contributed by atoms with van der Waals surface area (Å²) in [6, 6.07) is 3.95. The Hall–Kier alpha value is -8.39. The van der Waals surface area contributed by atoms with Crippen LogP contribution in [0, 0.1) is 0 Å². The molecule has 11 bridgehead atoms. The number of hydrogen-bond donors (Lipinski definition) is 14. The van der Waals surface area contributed by atoms with Crippen molar-refractivity contribution in [3.8, 4) is 57.1 Å². The zero-order valence-corrected chi connectivity index (χ0v) is 44.8. The summed E-state index contributed by atoms with van der Waals surface area (Å²) in [4.78, 5) is 102. The summed E-state index contributed by atoms with van der Waals surface area (Å²) in [5.41, 5.74) is 16.7. The van der Waals surface area contributed by atoms with E-state index in [-0.39, 0.29) is 87.2 Å². The number of ether oxygens (including phenoxy) is 3. The lowest BCUT2D eigenvalue weighted by Crippen LogP contribution is -2.57. The Morgan fingerprint density at radius 2 is 1.31 bits per heavy atom. The number of carbonyl (C=O) groups excluding carboxylic acids is 7. The highest BCUT2D eigenvalue weighted by molar-refractivity contribution is 6.32. The molecule has 26 heteroatoms. The van der Waals surface area contributed by atoms with Crippen molar-refractivity contribution < 1.29 is 73.3 Å². The quantitative estimate of drug-likeness (QED) is 0.0667. The van der Waals surface area contributed by atoms with E-state index in [1.54, 1.807) is 6.07 Å². The van der Waals surface area contributed by atoms with Crippen LogP contribution in [0.4, 0.5) is 0 Å². The summed E-state index contributed by atoms with van der Waals surface area (Å²) in [6.45, 7) is 0.563. The number of benzene rings is 5. The molecule has 6 amide bonds. The maximum Gasteiger partial charge on any atom is 0.333 e. The number of halogens is 2. The van der Waals surface area contributed by atoms with Crippen LogP contribution in [0.25, 0.3) is 11.1 Å². The van der Waals surface area contributed by atoms with E-state index in [1.165, 1.54) is 42.5 Å². The number of unbranched alkanes of at least 4 members (excludes halogenated alkanes) is 2. The van der Waals surface area contributed by atoms with Gasteiger partial charge in [0.15, 0.2) is 17.5 Å². The number of nitrogens with one attached hydrogen (secondary N) is 6. The molecule has 8 atom stereocenters. The largest absolute Gasteiger partial charge is 0.508 e. The molecule has 0 saturated heterocycles. The molecule has 6 unspecified atom stereocenters. The maximum atomic E-state index is 15.5. The highest BCUT2D eigenvalue weighted by Crippen LogP contribution is 2.47. The number of hydrogen-bond acceptors (Lipinski definition) is 18. The highest BCUT2D eigenvalue weighted by atomic mass is 35.5. The molecule has 5 aliphatic rings. The molecule has 5 aromatic carbocycles. The fraction of sp³-hybridized carbons (Fsp3) is 0.327. The molecule has 5 aromatic rings. The van der Waals surface area contributed by atoms with Crippen molar-refractivity contribution in [2.45, 2.75) is 93.3 Å². The maximum absolute atomic E-state index is 15.5. The summed E-state index contributed by atoms with van der Waals surface area (Å²) < 4.78 is 17.4. The third-order valence-corrected chi connectivity index (χ3v) is 14.5. The molecular formula is C55H59Cl2N9O15. The number of esters is 1. The van der Waals surface area contributed by atoms with E-state index >= 15 is 9.59 Å². The number of carbonyl (C=O) groups is 7. The van der Waals surface area contributed by atoms with Gasteiger partial charge in [-0.3, -0.25) is 28.8 Å². The Kier molecular flexibility index (Phi) is 18.4. The van der Waals surface area contributed by atoms with Crippen molar-refractivity contribution in [2.24, 2.45) is 17.2 Å². The lowest BCUT2D eigenvalue weighted by atomic mass is 9.89. The Morgan fingerprint density at radius 3 is 1.98 bits per heavy atom. The van der Waals surface area contributed by atoms with Gasteiger partial charge < -0.3 is 88.8 Å². The van der Waals surface area contributed by atoms with Crippen molar-refractivity contribution in [3.05, 3.63) is 117 Å². The first-order chi connectivity index (χ1) is 38.7. The molecule has 17 N–H and O–H groups in total. The van der Waals surface area contributed by atoms with Crippen molar-refractivity contribution in [1.82, 2.24) is 31.9 Å². The van der Waals surface area contributed by atoms with Gasteiger partial charge in [0.25, 0.3) is 0 Å². The van der Waals surface area contributed by atoms with E-state index in [0.29, 0.717) is 31.4 Å². The van der Waals surface area contributed by atoms with E-state index in [4.69, 9.17) is 54.6 Å². The molecule has 10 rings (SSSR count). The highest BCUT2D eigenvalue weighted by Gasteiger charge is 2.41. The van der Waals surface area contributed by atoms with Gasteiger partial charge >= 0.3 is 5.97 Å². The van der Waals surface area contributed by atoms with Crippen LogP contribution in [0.15, 0.2) is 78.9 Å². The molecule has 5 heterocycles. The van der Waals surface area contributed by atoms with Gasteiger partial charge in [-0.05, 0) is 122 Å². The fourth-order valence-electron chi connectivity index (χ4n) is 9.58. The second-order valence-electron chi connectivity index (χ2n) is 19.5. The third-order valence-electron chi connectivity index (χ3n) is 13.9. The summed E-state index contributed by atoms with van der Waals surface area (Å²) in [7, 11) is 0.984. The van der Waals surface area contributed by atoms with E-state index in [9.17, 15) is 49.5 Å². The number of aliphatic hydroxyl groups is 1. The van der Waals surface area contributed by atoms with Crippen LogP contribution in [-0.4, -0.2) is 111 Å². The molecule has 24 nitrogen and oxygen atoms in total. The molecular weight excluding hydrogens is 1100 g/mol. The number of amides is 6. The number of aromatic hydroxyl groups is 4. The predicted molar refractivity (Wildman–Crippen MR) is 291 cm³/mol. The lowest BCUT2D eigenvalue weighted by Gasteiger charge is -2.31. The number of phenolic OH excluding ortho intramolecular Hbond substituents is 4. The lowest BCUT2D eigenvalue weighted by molar-refractivity contribution is -0.146. The van der Waals surface area contributed by atoms with Crippen molar-refractivity contribution in [3.63, 3.8) is 0 Å². The zero-order valence-electron chi connectivity index (χ0n) is 43.3. The van der Waals surface area contributed by atoms with E-state index in [0.717, 1.165) is 37.4 Å². The minimum Gasteiger partial charge on any atom is -0.508 e. The number of aliphatic hydroxyl groups excluding tert-OH is 1. The molecule has 428 valence electrons. The first-order valence-electron chi connectivity index (χ1n) is 25.6. The Morgan fingerprint density at radius 1 is 0.679 bits per heavy atom. The molecule has 0 spiro atoms. The summed E-state index contributed by atoms with van der Waals surface area (Å²) in [6.07, 6.45) is -0.308. The van der Waals surface area contributed by atoms with Crippen LogP contribution in [0.5, 0.6) is 46.0 Å². The summed E-state index contributed by atoms with van der Waals surface area (Å²) in [5, 5.41) is 73.0. The topological polar surface area (TPSA) is 399 Å². The molecule has 0 fully saturated rings. The Balaban J connectivity index is 1.34. The summed E-state index contributed by atoms with van der Waals surface area (Å²) in [5.74, 6) is -11.0. The van der Waals surface area contributed by atoms with E-state index in [2.05, 4.69) is 31.9 Å². The standard InChI is InChI=1S/C55H59Cl2N9O15/c1-79-55(78)45-30-22-28(67)23-37(69)42(30)29-18-25(9-11-36(29)68)43-52(75)66-46(54(77)65-45)47(70)26-10-13-39(32(57)19-26)81-41-21-27-20-40(48(41)71)80-38-12-8-24(16-31(38)56)17-35(62-49(72)33(60)6-2-4-14-58)51(74)61-34(7-3-5-15-59)50(73)63-44(27)53(76)64-43/h8-13,16,18-23,33-35,43-47,67-71H,2-7,14-15,17,58-60H2,1H3,(H,61,74)(H,62,72)(H,63,73)(H,64,76)(H,65,77)(H,66,75)/t33-,34+,35?,43?,44?,45?,46?,47?/m1/s1. The van der Waals surface area contributed by atoms with Crippen LogP contribution in [0.1, 0.15) is 90.6 Å². The van der Waals surface area contributed by atoms with Gasteiger partial charge in [0.05, 0.1) is 23.2 Å². The first-order valence-corrected chi connectivity index (χ1v) is 26.4. The second kappa shape index (κ2) is 25.4. The molecule has 0 saturated carbocycles. The minimum atomic E-state index is -2.08.